The standard InChI is InChI=1S/C100H62N4O/c1-4-24-63(25-5-1)75-57-50-70(61-86(75)96-84-40-18-16-38-82(84)94(83-39-17-19-41-85(83)96)66-46-53-73(54-47-66)103-89-44-21-20-43-88(89)101-99(103)67-27-6-2-7-28-67)69-31-22-32-71(60-69)77-42-23-45-90-98(77)102-100(68-29-8-3-9-30-68)104(90)74-55-48-65(49-56-74)93-78-34-12-14-36-80(78)95(81-37-15-13-35-79(81)93)72-52-58-91-87(62-72)97-76-33-11-10-26-64(76)51-59-92(97)105-91/h1-62H. The molecule has 0 aliphatic heterocycles. The Balaban J connectivity index is 0.670. The smallest absolute Gasteiger partial charge is 0.145 e. The first-order valence-electron chi connectivity index (χ1n) is 35.9. The normalized spacial score (nSPS) is 11.8. The van der Waals surface area contributed by atoms with E-state index in [1.165, 1.54) is 87.2 Å². The number of para-hydroxylation sites is 3. The number of nitrogens with zero attached hydrogens (tertiary/aromatic N) is 4. The van der Waals surface area contributed by atoms with Gasteiger partial charge in [0.25, 0.3) is 0 Å². The maximum Gasteiger partial charge on any atom is 0.145 e. The van der Waals surface area contributed by atoms with Crippen molar-refractivity contribution in [1.82, 2.24) is 19.1 Å². The minimum Gasteiger partial charge on any atom is -0.456 e. The fourth-order valence-corrected chi connectivity index (χ4v) is 16.8. The maximum atomic E-state index is 6.51. The van der Waals surface area contributed by atoms with Gasteiger partial charge in [-0.25, -0.2) is 9.97 Å². The molecule has 3 heterocycles. The van der Waals surface area contributed by atoms with Gasteiger partial charge in [-0.15, -0.1) is 0 Å². The third-order valence-electron chi connectivity index (χ3n) is 21.5. The number of benzene rings is 18. The molecule has 0 N–H and O–H groups in total. The number of furan rings is 1. The Morgan fingerprint density at radius 3 is 1.25 bits per heavy atom. The molecule has 105 heavy (non-hydrogen) atoms. The molecule has 0 saturated heterocycles. The van der Waals surface area contributed by atoms with Crippen LogP contribution in [0.5, 0.6) is 0 Å². The fourth-order valence-electron chi connectivity index (χ4n) is 16.8. The van der Waals surface area contributed by atoms with Crippen molar-refractivity contribution in [3.05, 3.63) is 376 Å². The average molecular weight is 1340 g/mol. The largest absolute Gasteiger partial charge is 0.456 e. The molecular weight excluding hydrogens is 1270 g/mol. The van der Waals surface area contributed by atoms with E-state index in [1.807, 2.05) is 0 Å². The van der Waals surface area contributed by atoms with Crippen LogP contribution in [0.25, 0.3) is 210 Å². The summed E-state index contributed by atoms with van der Waals surface area (Å²) in [7, 11) is 0. The first kappa shape index (κ1) is 59.8. The summed E-state index contributed by atoms with van der Waals surface area (Å²) in [5.74, 6) is 1.79. The van der Waals surface area contributed by atoms with Crippen molar-refractivity contribution in [1.29, 1.82) is 0 Å². The number of aromatic nitrogens is 4. The van der Waals surface area contributed by atoms with Crippen molar-refractivity contribution in [3.63, 3.8) is 0 Å². The van der Waals surface area contributed by atoms with Crippen molar-refractivity contribution in [3.8, 4) is 112 Å². The molecule has 0 aliphatic carbocycles. The van der Waals surface area contributed by atoms with Gasteiger partial charge in [-0.1, -0.05) is 303 Å². The van der Waals surface area contributed by atoms with Crippen LogP contribution in [0.2, 0.25) is 0 Å². The van der Waals surface area contributed by atoms with Crippen molar-refractivity contribution >= 4 is 97.9 Å². The molecule has 0 aliphatic rings. The molecule has 0 bridgehead atoms. The van der Waals surface area contributed by atoms with Gasteiger partial charge in [0.05, 0.1) is 22.1 Å². The highest BCUT2D eigenvalue weighted by Gasteiger charge is 2.25. The van der Waals surface area contributed by atoms with Gasteiger partial charge < -0.3 is 4.42 Å². The molecule has 3 aromatic heterocycles. The molecule has 5 nitrogen and oxygen atoms in total. The monoisotopic (exact) mass is 1330 g/mol. The number of hydrogen-bond donors (Lipinski definition) is 0. The quantitative estimate of drug-likeness (QED) is 0.121. The fraction of sp³-hybridized carbons (Fsp3) is 0. The van der Waals surface area contributed by atoms with Crippen LogP contribution in [-0.4, -0.2) is 19.1 Å². The summed E-state index contributed by atoms with van der Waals surface area (Å²) in [5, 5.41) is 14.2. The zero-order valence-electron chi connectivity index (χ0n) is 57.0. The highest BCUT2D eigenvalue weighted by Crippen LogP contribution is 2.50. The van der Waals surface area contributed by atoms with Crippen LogP contribution >= 0.6 is 0 Å². The lowest BCUT2D eigenvalue weighted by atomic mass is 9.83. The molecule has 0 atom stereocenters. The Labute approximate surface area is 605 Å². The van der Waals surface area contributed by atoms with Gasteiger partial charge in [-0.05, 0) is 199 Å². The zero-order chi connectivity index (χ0) is 69.1. The van der Waals surface area contributed by atoms with Crippen LogP contribution < -0.4 is 0 Å². The molecule has 0 spiro atoms. The van der Waals surface area contributed by atoms with Gasteiger partial charge in [-0.2, -0.15) is 0 Å². The highest BCUT2D eigenvalue weighted by molar-refractivity contribution is 6.25. The summed E-state index contributed by atoms with van der Waals surface area (Å²) in [6.07, 6.45) is 0. The Bertz CT molecular complexity index is 6930. The van der Waals surface area contributed by atoms with E-state index < -0.39 is 0 Å². The van der Waals surface area contributed by atoms with E-state index >= 15 is 0 Å². The predicted molar refractivity (Wildman–Crippen MR) is 439 cm³/mol. The first-order chi connectivity index (χ1) is 52.1. The second-order valence-electron chi connectivity index (χ2n) is 27.4. The number of imidazole rings is 2. The number of hydrogen-bond acceptors (Lipinski definition) is 3. The predicted octanol–water partition coefficient (Wildman–Crippen LogP) is 27.0. The highest BCUT2D eigenvalue weighted by atomic mass is 16.3. The SMILES string of the molecule is c1ccc(-c2ccc(-c3cccc(-c4cccc5c4nc(-c4ccccc4)n5-c4ccc(-c5c6ccccc6c(-c6ccc7oc8ccc9ccccc9c8c7c6)c6ccccc56)cc4)c3)cc2-c2c3ccccc3c(-c3ccc(-n4c(-c5ccccc5)nc5ccccc54)cc3)c3ccccc23)cc1. The second kappa shape index (κ2) is 24.4. The first-order valence-corrected chi connectivity index (χ1v) is 35.9. The van der Waals surface area contributed by atoms with Crippen LogP contribution in [0.15, 0.2) is 381 Å². The van der Waals surface area contributed by atoms with Gasteiger partial charge in [0.15, 0.2) is 0 Å². The van der Waals surface area contributed by atoms with Gasteiger partial charge in [0.1, 0.15) is 22.8 Å². The lowest BCUT2D eigenvalue weighted by Gasteiger charge is -2.21. The maximum absolute atomic E-state index is 6.51. The third kappa shape index (κ3) is 9.78. The van der Waals surface area contributed by atoms with Crippen LogP contribution in [0.3, 0.4) is 0 Å². The van der Waals surface area contributed by atoms with Crippen molar-refractivity contribution in [2.24, 2.45) is 0 Å². The molecule has 21 aromatic rings. The van der Waals surface area contributed by atoms with E-state index in [2.05, 4.69) is 385 Å². The van der Waals surface area contributed by atoms with Crippen LogP contribution in [0.4, 0.5) is 0 Å². The van der Waals surface area contributed by atoms with Gasteiger partial charge in [0, 0.05) is 38.8 Å². The summed E-state index contributed by atoms with van der Waals surface area (Å²) >= 11 is 0. The van der Waals surface area contributed by atoms with Crippen molar-refractivity contribution in [2.45, 2.75) is 0 Å². The van der Waals surface area contributed by atoms with Gasteiger partial charge in [0.2, 0.25) is 0 Å². The average Bonchev–Trinajstić information content (AvgIpc) is 1.72. The summed E-state index contributed by atoms with van der Waals surface area (Å²) in [5.41, 5.74) is 26.1. The Kier molecular flexibility index (Phi) is 13.9. The van der Waals surface area contributed by atoms with E-state index in [1.54, 1.807) is 0 Å². The van der Waals surface area contributed by atoms with E-state index in [-0.39, 0.29) is 0 Å². The molecule has 0 amide bonds. The van der Waals surface area contributed by atoms with Crippen LogP contribution in [-0.2, 0) is 0 Å². The summed E-state index contributed by atoms with van der Waals surface area (Å²) in [6.45, 7) is 0. The molecule has 0 fully saturated rings. The summed E-state index contributed by atoms with van der Waals surface area (Å²) in [6, 6.07) is 137. The van der Waals surface area contributed by atoms with E-state index in [0.29, 0.717) is 0 Å². The lowest BCUT2D eigenvalue weighted by Crippen LogP contribution is -1.98. The zero-order valence-corrected chi connectivity index (χ0v) is 57.0. The summed E-state index contributed by atoms with van der Waals surface area (Å²) in [4.78, 5) is 10.8. The molecule has 0 saturated carbocycles. The van der Waals surface area contributed by atoms with E-state index in [9.17, 15) is 0 Å². The number of rotatable bonds is 11. The Morgan fingerprint density at radius 1 is 0.219 bits per heavy atom. The Hall–Kier alpha value is -14.0. The van der Waals surface area contributed by atoms with Crippen LogP contribution in [0, 0.1) is 0 Å². The van der Waals surface area contributed by atoms with Crippen LogP contribution in [0.1, 0.15) is 0 Å². The molecule has 488 valence electrons. The van der Waals surface area contributed by atoms with E-state index in [4.69, 9.17) is 14.4 Å². The molecule has 0 unspecified atom stereocenters. The minimum absolute atomic E-state index is 0.877. The lowest BCUT2D eigenvalue weighted by molar-refractivity contribution is 0.669. The van der Waals surface area contributed by atoms with Crippen molar-refractivity contribution in [2.75, 3.05) is 0 Å². The number of fused-ring (bicyclic) bond motifs is 11. The summed E-state index contributed by atoms with van der Waals surface area (Å²) < 4.78 is 11.1. The third-order valence-corrected chi connectivity index (χ3v) is 21.5. The van der Waals surface area contributed by atoms with Gasteiger partial charge in [-0.3, -0.25) is 9.13 Å². The molecule has 0 radical (unpaired) electrons. The van der Waals surface area contributed by atoms with Gasteiger partial charge >= 0.3 is 0 Å². The molecule has 18 aromatic carbocycles. The molecular formula is C100H62N4O. The van der Waals surface area contributed by atoms with Crippen molar-refractivity contribution < 1.29 is 4.42 Å². The minimum atomic E-state index is 0.877. The second-order valence-corrected chi connectivity index (χ2v) is 27.4. The Morgan fingerprint density at radius 2 is 0.648 bits per heavy atom. The van der Waals surface area contributed by atoms with E-state index in [0.717, 1.165) is 123 Å². The molecule has 5 heteroatoms. The molecule has 21 rings (SSSR count). The topological polar surface area (TPSA) is 48.8 Å².